The van der Waals surface area contributed by atoms with Crippen molar-refractivity contribution >= 4 is 17.2 Å². The number of rotatable bonds is 5. The highest BCUT2D eigenvalue weighted by Crippen LogP contribution is 2.34. The lowest BCUT2D eigenvalue weighted by Crippen LogP contribution is -2.35. The molecule has 5 rings (SSSR count). The van der Waals surface area contributed by atoms with Gasteiger partial charge in [0.1, 0.15) is 12.4 Å². The van der Waals surface area contributed by atoms with Crippen LogP contribution in [-0.4, -0.2) is 47.5 Å². The number of carbonyl (C=O) groups excluding carboxylic acids is 1. The molecule has 0 N–H and O–H groups in total. The molecule has 3 aliphatic rings. The van der Waals surface area contributed by atoms with Gasteiger partial charge in [0.05, 0.1) is 6.04 Å². The summed E-state index contributed by atoms with van der Waals surface area (Å²) in [4.78, 5) is 18.7. The first-order chi connectivity index (χ1) is 12.8. The Balaban J connectivity index is 1.15. The van der Waals surface area contributed by atoms with Crippen LogP contribution in [-0.2, 0) is 13.0 Å². The monoisotopic (exact) mass is 368 g/mol. The van der Waals surface area contributed by atoms with Gasteiger partial charge in [-0.2, -0.15) is 0 Å². The second kappa shape index (κ2) is 6.71. The van der Waals surface area contributed by atoms with Gasteiger partial charge in [0, 0.05) is 36.1 Å². The van der Waals surface area contributed by atoms with Crippen LogP contribution in [0.1, 0.15) is 40.1 Å². The van der Waals surface area contributed by atoms with Gasteiger partial charge in [-0.3, -0.25) is 9.69 Å². The second-order valence-electron chi connectivity index (χ2n) is 7.62. The molecule has 0 spiro atoms. The summed E-state index contributed by atoms with van der Waals surface area (Å²) in [6.45, 7) is 3.48. The molecule has 1 aromatic carbocycles. The minimum Gasteiger partial charge on any atom is -0.492 e. The maximum Gasteiger partial charge on any atom is 0.254 e. The van der Waals surface area contributed by atoms with Gasteiger partial charge in [-0.1, -0.05) is 6.42 Å². The summed E-state index contributed by atoms with van der Waals surface area (Å²) in [5.74, 6) is 0.979. The molecule has 1 saturated carbocycles. The number of thiophene rings is 1. The summed E-state index contributed by atoms with van der Waals surface area (Å²) in [6.07, 6.45) is 5.07. The number of nitrogens with zero attached hydrogens (tertiary/aromatic N) is 2. The fourth-order valence-corrected chi connectivity index (χ4v) is 4.89. The third-order valence-electron chi connectivity index (χ3n) is 5.94. The number of hydrogen-bond donors (Lipinski definition) is 0. The lowest BCUT2D eigenvalue weighted by atomic mass is 9.93. The smallest absolute Gasteiger partial charge is 0.254 e. The van der Waals surface area contributed by atoms with E-state index in [1.807, 2.05) is 29.2 Å². The summed E-state index contributed by atoms with van der Waals surface area (Å²) in [5, 5.41) is 2.12. The SMILES string of the molecule is O=C(c1ccc(OCC2CN2C2CCC2)cc1)N1CCc2sccc2C1. The lowest BCUT2D eigenvalue weighted by molar-refractivity contribution is 0.0736. The van der Waals surface area contributed by atoms with Crippen molar-refractivity contribution in [3.63, 3.8) is 0 Å². The van der Waals surface area contributed by atoms with Crippen molar-refractivity contribution in [3.8, 4) is 5.75 Å². The molecule has 2 aliphatic heterocycles. The zero-order chi connectivity index (χ0) is 17.5. The molecule has 2 atom stereocenters. The lowest BCUT2D eigenvalue weighted by Gasteiger charge is -2.27. The van der Waals surface area contributed by atoms with Gasteiger partial charge in [0.2, 0.25) is 0 Å². The molecule has 136 valence electrons. The van der Waals surface area contributed by atoms with Crippen LogP contribution in [0.5, 0.6) is 5.75 Å². The van der Waals surface area contributed by atoms with Crippen LogP contribution in [0.25, 0.3) is 0 Å². The third-order valence-corrected chi connectivity index (χ3v) is 6.96. The number of benzene rings is 1. The summed E-state index contributed by atoms with van der Waals surface area (Å²) in [7, 11) is 0. The normalized spacial score (nSPS) is 24.7. The van der Waals surface area contributed by atoms with Crippen LogP contribution < -0.4 is 4.74 Å². The quantitative estimate of drug-likeness (QED) is 0.757. The molecule has 0 bridgehead atoms. The van der Waals surface area contributed by atoms with Crippen molar-refractivity contribution in [1.82, 2.24) is 9.80 Å². The minimum absolute atomic E-state index is 0.117. The Morgan fingerprint density at radius 1 is 1.19 bits per heavy atom. The predicted molar refractivity (Wildman–Crippen MR) is 103 cm³/mol. The molecule has 1 amide bonds. The van der Waals surface area contributed by atoms with Crippen LogP contribution in [0.2, 0.25) is 0 Å². The topological polar surface area (TPSA) is 32.6 Å². The highest BCUT2D eigenvalue weighted by Gasteiger charge is 2.42. The first-order valence-corrected chi connectivity index (χ1v) is 10.5. The molecule has 0 radical (unpaired) electrons. The fraction of sp³-hybridized carbons (Fsp3) is 0.476. The van der Waals surface area contributed by atoms with E-state index >= 15 is 0 Å². The van der Waals surface area contributed by atoms with E-state index in [9.17, 15) is 4.79 Å². The number of fused-ring (bicyclic) bond motifs is 1. The molecule has 1 saturated heterocycles. The zero-order valence-corrected chi connectivity index (χ0v) is 15.7. The molecule has 5 heteroatoms. The number of ether oxygens (including phenoxy) is 1. The van der Waals surface area contributed by atoms with E-state index in [2.05, 4.69) is 16.3 Å². The van der Waals surface area contributed by atoms with Crippen LogP contribution >= 0.6 is 11.3 Å². The second-order valence-corrected chi connectivity index (χ2v) is 8.62. The molecule has 26 heavy (non-hydrogen) atoms. The highest BCUT2D eigenvalue weighted by atomic mass is 32.1. The molecule has 3 heterocycles. The third kappa shape index (κ3) is 3.14. The van der Waals surface area contributed by atoms with Gasteiger partial charge in [0.25, 0.3) is 5.91 Å². The molecular weight excluding hydrogens is 344 g/mol. The first kappa shape index (κ1) is 16.3. The van der Waals surface area contributed by atoms with Crippen molar-refractivity contribution < 1.29 is 9.53 Å². The molecule has 2 aromatic rings. The molecule has 1 aromatic heterocycles. The average Bonchev–Trinajstić information content (AvgIpc) is 3.21. The van der Waals surface area contributed by atoms with Crippen molar-refractivity contribution in [3.05, 3.63) is 51.7 Å². The Hall–Kier alpha value is -1.85. The van der Waals surface area contributed by atoms with E-state index in [0.717, 1.165) is 43.5 Å². The van der Waals surface area contributed by atoms with Gasteiger partial charge in [-0.25, -0.2) is 0 Å². The van der Waals surface area contributed by atoms with Crippen molar-refractivity contribution in [2.45, 2.75) is 44.3 Å². The zero-order valence-electron chi connectivity index (χ0n) is 14.9. The summed E-state index contributed by atoms with van der Waals surface area (Å²) in [5.41, 5.74) is 2.05. The minimum atomic E-state index is 0.117. The van der Waals surface area contributed by atoms with Gasteiger partial charge in [-0.15, -0.1) is 11.3 Å². The first-order valence-electron chi connectivity index (χ1n) is 9.61. The van der Waals surface area contributed by atoms with E-state index < -0.39 is 0 Å². The molecular formula is C21H24N2O2S. The molecule has 1 aliphatic carbocycles. The van der Waals surface area contributed by atoms with Gasteiger partial charge in [0.15, 0.2) is 0 Å². The summed E-state index contributed by atoms with van der Waals surface area (Å²) in [6, 6.07) is 11.2. The molecule has 2 unspecified atom stereocenters. The Morgan fingerprint density at radius 2 is 2.04 bits per heavy atom. The fourth-order valence-electron chi connectivity index (χ4n) is 4.00. The van der Waals surface area contributed by atoms with Crippen molar-refractivity contribution in [2.75, 3.05) is 19.7 Å². The summed E-state index contributed by atoms with van der Waals surface area (Å²) < 4.78 is 5.93. The summed E-state index contributed by atoms with van der Waals surface area (Å²) >= 11 is 1.80. The maximum absolute atomic E-state index is 12.8. The van der Waals surface area contributed by atoms with Gasteiger partial charge in [-0.05, 0) is 60.5 Å². The van der Waals surface area contributed by atoms with Crippen LogP contribution in [0.15, 0.2) is 35.7 Å². The van der Waals surface area contributed by atoms with Crippen LogP contribution in [0, 0.1) is 0 Å². The van der Waals surface area contributed by atoms with E-state index in [4.69, 9.17) is 4.74 Å². The van der Waals surface area contributed by atoms with Gasteiger partial charge < -0.3 is 9.64 Å². The number of amides is 1. The Morgan fingerprint density at radius 3 is 2.81 bits per heavy atom. The molecule has 2 fully saturated rings. The van der Waals surface area contributed by atoms with E-state index in [-0.39, 0.29) is 5.91 Å². The van der Waals surface area contributed by atoms with Gasteiger partial charge >= 0.3 is 0 Å². The van der Waals surface area contributed by atoms with Crippen LogP contribution in [0.4, 0.5) is 0 Å². The predicted octanol–water partition coefficient (Wildman–Crippen LogP) is 3.56. The Labute approximate surface area is 158 Å². The van der Waals surface area contributed by atoms with E-state index in [1.54, 1.807) is 11.3 Å². The highest BCUT2D eigenvalue weighted by molar-refractivity contribution is 7.10. The Kier molecular flexibility index (Phi) is 4.21. The standard InChI is InChI=1S/C21H24N2O2S/c24-21(22-10-8-20-16(12-22)9-11-26-20)15-4-6-19(7-5-15)25-14-18-13-23(18)17-2-1-3-17/h4-7,9,11,17-18H,1-3,8,10,12-14H2. The van der Waals surface area contributed by atoms with Crippen LogP contribution in [0.3, 0.4) is 0 Å². The largest absolute Gasteiger partial charge is 0.492 e. The average molecular weight is 369 g/mol. The molecule has 4 nitrogen and oxygen atoms in total. The van der Waals surface area contributed by atoms with E-state index in [1.165, 1.54) is 36.2 Å². The van der Waals surface area contributed by atoms with Crippen molar-refractivity contribution in [2.24, 2.45) is 0 Å². The number of carbonyl (C=O) groups is 1. The maximum atomic E-state index is 12.8. The number of hydrogen-bond acceptors (Lipinski definition) is 4. The van der Waals surface area contributed by atoms with E-state index in [0.29, 0.717) is 6.04 Å². The Bertz CT molecular complexity index is 797. The van der Waals surface area contributed by atoms with Crippen molar-refractivity contribution in [1.29, 1.82) is 0 Å².